The Morgan fingerprint density at radius 2 is 0.875 bits per heavy atom. The third-order valence-corrected chi connectivity index (χ3v) is 0. The van der Waals surface area contributed by atoms with Crippen LogP contribution in [0.2, 0.25) is 0 Å². The zero-order chi connectivity index (χ0) is 5.41. The van der Waals surface area contributed by atoms with E-state index in [1.54, 1.807) is 0 Å². The zero-order valence-corrected chi connectivity index (χ0v) is 8.71. The first-order chi connectivity index (χ1) is 2.83. The van der Waals surface area contributed by atoms with Gasteiger partial charge in [0.25, 0.3) is 0 Å². The Hall–Kier alpha value is 0.940. The first-order valence-electron chi connectivity index (χ1n) is 0.855. The molecule has 0 saturated carbocycles. The summed E-state index contributed by atoms with van der Waals surface area (Å²) in [6.45, 7) is 1.00. The van der Waals surface area contributed by atoms with Gasteiger partial charge >= 0.3 is 59.1 Å². The number of aliphatic hydroxyl groups excluding tert-OH is 2. The molecule has 0 amide bonds. The summed E-state index contributed by atoms with van der Waals surface area (Å²) >= 11 is 0. The molecule has 0 aliphatic carbocycles. The van der Waals surface area contributed by atoms with Gasteiger partial charge in [-0.3, -0.25) is 0 Å². The number of hydrogen-bond donors (Lipinski definition) is 2. The molecule has 0 aromatic heterocycles. The van der Waals surface area contributed by atoms with E-state index >= 15 is 0 Å². The van der Waals surface area contributed by atoms with Crippen molar-refractivity contribution in [2.75, 3.05) is 0 Å². The molecule has 0 atom stereocenters. The average Bonchev–Trinajstić information content (AvgIpc) is 1.39. The van der Waals surface area contributed by atoms with Crippen LogP contribution in [0, 0.1) is 0 Å². The molecule has 0 fully saturated rings. The minimum atomic E-state index is 0. The van der Waals surface area contributed by atoms with E-state index < -0.39 is 0 Å². The normalized spacial score (nSPS) is 3.00. The Kier molecular flexibility index (Phi) is 128. The molecule has 4 nitrogen and oxygen atoms in total. The van der Waals surface area contributed by atoms with Gasteiger partial charge in [-0.25, -0.2) is 0 Å². The van der Waals surface area contributed by atoms with E-state index in [0.29, 0.717) is 12.9 Å². The minimum Gasteiger partial charge on any atom is -0.665 e. The average molecular weight is 136 g/mol. The Balaban J connectivity index is -0.0000000160. The summed E-state index contributed by atoms with van der Waals surface area (Å²) in [5, 5.41) is 13.5. The minimum absolute atomic E-state index is 0. The molecule has 0 rings (SSSR count). The van der Waals surface area contributed by atoms with Gasteiger partial charge in [0.15, 0.2) is 0 Å². The molecule has 0 radical (unpaired) electrons. The van der Waals surface area contributed by atoms with Gasteiger partial charge in [-0.15, -0.1) is 0 Å². The molecule has 36 valence electrons. The van der Waals surface area contributed by atoms with Gasteiger partial charge in [-0.1, -0.05) is 12.9 Å². The SMILES string of the molecule is O=[C-]O.O=[C-]O.[Na+].[Na+]. The Bertz CT molecular complexity index is 33.0. The van der Waals surface area contributed by atoms with Gasteiger partial charge in [-0.2, -0.15) is 0 Å². The molecule has 0 aromatic rings. The van der Waals surface area contributed by atoms with E-state index in [1.165, 1.54) is 0 Å². The maximum absolute atomic E-state index is 8.24. The van der Waals surface area contributed by atoms with E-state index in [2.05, 4.69) is 0 Å². The molecule has 6 heteroatoms. The maximum atomic E-state index is 8.24. The summed E-state index contributed by atoms with van der Waals surface area (Å²) in [5.74, 6) is 0. The second-order valence-electron chi connectivity index (χ2n) is 0.183. The van der Waals surface area contributed by atoms with Crippen molar-refractivity contribution in [2.24, 2.45) is 0 Å². The quantitative estimate of drug-likeness (QED) is 0.256. The van der Waals surface area contributed by atoms with Crippen molar-refractivity contribution in [1.82, 2.24) is 0 Å². The standard InChI is InChI=1S/2CHO2.2Na/c2*2-1-3;;/h2*(H,2,3);;/q2*-1;2*+1. The van der Waals surface area contributed by atoms with Gasteiger partial charge in [-0.05, 0) is 0 Å². The molecule has 0 bridgehead atoms. The van der Waals surface area contributed by atoms with Crippen LogP contribution in [0.25, 0.3) is 0 Å². The molecule has 2 N–H and O–H groups in total. The van der Waals surface area contributed by atoms with Crippen LogP contribution in [-0.2, 0) is 9.59 Å². The van der Waals surface area contributed by atoms with Crippen LogP contribution in [0.1, 0.15) is 0 Å². The van der Waals surface area contributed by atoms with Crippen molar-refractivity contribution in [1.29, 1.82) is 0 Å². The van der Waals surface area contributed by atoms with Gasteiger partial charge < -0.3 is 19.8 Å². The Morgan fingerprint density at radius 1 is 0.875 bits per heavy atom. The van der Waals surface area contributed by atoms with Crippen LogP contribution in [0.15, 0.2) is 0 Å². The van der Waals surface area contributed by atoms with Crippen molar-refractivity contribution in [3.05, 3.63) is 0 Å². The van der Waals surface area contributed by atoms with Crippen LogP contribution in [0.4, 0.5) is 0 Å². The fourth-order valence-electron chi connectivity index (χ4n) is 0. The van der Waals surface area contributed by atoms with Crippen LogP contribution >= 0.6 is 0 Å². The first-order valence-corrected chi connectivity index (χ1v) is 0.855. The molecule has 0 aliphatic rings. The fraction of sp³-hybridized carbons (Fsp3) is 0. The molecule has 0 heterocycles. The van der Waals surface area contributed by atoms with Crippen LogP contribution in [0.5, 0.6) is 0 Å². The van der Waals surface area contributed by atoms with E-state index in [1.807, 2.05) is 0 Å². The van der Waals surface area contributed by atoms with Crippen molar-refractivity contribution >= 4 is 12.9 Å². The van der Waals surface area contributed by atoms with Gasteiger partial charge in [0.1, 0.15) is 0 Å². The maximum Gasteiger partial charge on any atom is 1.00 e. The topological polar surface area (TPSA) is 74.6 Å². The molecule has 0 aromatic carbocycles. The second-order valence-corrected chi connectivity index (χ2v) is 0.183. The van der Waals surface area contributed by atoms with Crippen molar-refractivity contribution in [2.45, 2.75) is 0 Å². The summed E-state index contributed by atoms with van der Waals surface area (Å²) < 4.78 is 0. The van der Waals surface area contributed by atoms with Gasteiger partial charge in [0.05, 0.1) is 0 Å². The molecule has 8 heavy (non-hydrogen) atoms. The summed E-state index contributed by atoms with van der Waals surface area (Å²) in [6, 6.07) is 0. The third-order valence-electron chi connectivity index (χ3n) is 0. The zero-order valence-electron chi connectivity index (χ0n) is 4.71. The summed E-state index contributed by atoms with van der Waals surface area (Å²) in [6.07, 6.45) is 0. The van der Waals surface area contributed by atoms with Gasteiger partial charge in [0, 0.05) is 0 Å². The predicted molar refractivity (Wildman–Crippen MR) is 16.6 cm³/mol. The molecule has 0 aliphatic heterocycles. The van der Waals surface area contributed by atoms with E-state index in [9.17, 15) is 0 Å². The summed E-state index contributed by atoms with van der Waals surface area (Å²) in [7, 11) is 0. The molecular formula is C2H2Na2O4. The van der Waals surface area contributed by atoms with Crippen molar-refractivity contribution < 1.29 is 78.9 Å². The second kappa shape index (κ2) is 44.2. The molecule has 0 spiro atoms. The van der Waals surface area contributed by atoms with Crippen LogP contribution in [-0.4, -0.2) is 23.2 Å². The van der Waals surface area contributed by atoms with E-state index in [-0.39, 0.29) is 59.1 Å². The van der Waals surface area contributed by atoms with Crippen LogP contribution < -0.4 is 59.1 Å². The molecular weight excluding hydrogens is 134 g/mol. The monoisotopic (exact) mass is 136 g/mol. The van der Waals surface area contributed by atoms with Crippen molar-refractivity contribution in [3.63, 3.8) is 0 Å². The smallest absolute Gasteiger partial charge is 0.665 e. The molecule has 0 unspecified atom stereocenters. The Morgan fingerprint density at radius 3 is 0.875 bits per heavy atom. The van der Waals surface area contributed by atoms with Crippen LogP contribution in [0.3, 0.4) is 0 Å². The third kappa shape index (κ3) is 277. The summed E-state index contributed by atoms with van der Waals surface area (Å²) in [5.41, 5.74) is 0. The largest absolute Gasteiger partial charge is 1.00 e. The fourth-order valence-corrected chi connectivity index (χ4v) is 0. The Labute approximate surface area is 90.8 Å². The first kappa shape index (κ1) is 23.1. The summed E-state index contributed by atoms with van der Waals surface area (Å²) in [4.78, 5) is 16.5. The number of rotatable bonds is 0. The number of hydrogen-bond acceptors (Lipinski definition) is 2. The van der Waals surface area contributed by atoms with Gasteiger partial charge in [0.2, 0.25) is 0 Å². The molecule has 0 saturated heterocycles. The van der Waals surface area contributed by atoms with Crippen molar-refractivity contribution in [3.8, 4) is 0 Å². The van der Waals surface area contributed by atoms with E-state index in [0.717, 1.165) is 0 Å². The predicted octanol–water partition coefficient (Wildman–Crippen LogP) is -6.77. The van der Waals surface area contributed by atoms with E-state index in [4.69, 9.17) is 19.8 Å².